The molecule has 0 spiro atoms. The van der Waals surface area contributed by atoms with Crippen molar-refractivity contribution in [1.29, 1.82) is 0 Å². The van der Waals surface area contributed by atoms with Crippen LogP contribution in [0.2, 0.25) is 0 Å². The second-order valence-corrected chi connectivity index (χ2v) is 3.46. The molecule has 2 aromatic heterocycles. The zero-order chi connectivity index (χ0) is 13.0. The number of nitrogens with zero attached hydrogens (tertiary/aromatic N) is 2. The van der Waals surface area contributed by atoms with E-state index in [4.69, 9.17) is 0 Å². The fourth-order valence-corrected chi connectivity index (χ4v) is 1.35. The summed E-state index contributed by atoms with van der Waals surface area (Å²) in [5.74, 6) is -2.09. The highest BCUT2D eigenvalue weighted by atomic mass is 16.3. The van der Waals surface area contributed by atoms with E-state index in [-0.39, 0.29) is 11.4 Å². The highest BCUT2D eigenvalue weighted by Gasteiger charge is 2.18. The summed E-state index contributed by atoms with van der Waals surface area (Å²) < 4.78 is 0. The molecule has 0 radical (unpaired) electrons. The van der Waals surface area contributed by atoms with Gasteiger partial charge in [0.1, 0.15) is 11.4 Å². The van der Waals surface area contributed by atoms with Gasteiger partial charge in [-0.1, -0.05) is 12.1 Å². The molecule has 0 saturated heterocycles. The van der Waals surface area contributed by atoms with Crippen LogP contribution >= 0.6 is 0 Å². The molecule has 2 N–H and O–H groups in total. The lowest BCUT2D eigenvalue weighted by atomic mass is 10.1. The molecule has 5 nitrogen and oxygen atoms in total. The number of allylic oxidation sites excluding steroid dienone is 1. The SMILES string of the molecule is O=C(/C(O)=C(\O)c1ccccn1)c1ccccn1. The molecule has 0 bridgehead atoms. The van der Waals surface area contributed by atoms with Crippen molar-refractivity contribution in [2.45, 2.75) is 0 Å². The first-order chi connectivity index (χ1) is 8.70. The first kappa shape index (κ1) is 11.8. The molecule has 18 heavy (non-hydrogen) atoms. The molecule has 0 aromatic carbocycles. The summed E-state index contributed by atoms with van der Waals surface area (Å²) in [5, 5.41) is 19.4. The van der Waals surface area contributed by atoms with Crippen LogP contribution in [0, 0.1) is 0 Å². The second kappa shape index (κ2) is 5.09. The third-order valence-electron chi connectivity index (χ3n) is 2.24. The highest BCUT2D eigenvalue weighted by Crippen LogP contribution is 2.14. The van der Waals surface area contributed by atoms with Crippen LogP contribution in [0.5, 0.6) is 0 Å². The summed E-state index contributed by atoms with van der Waals surface area (Å²) in [6.45, 7) is 0. The number of aliphatic hydroxyl groups excluding tert-OH is 2. The van der Waals surface area contributed by atoms with E-state index >= 15 is 0 Å². The number of Topliss-reactive ketones (excluding diaryl/α,β-unsaturated/α-hetero) is 1. The molecule has 0 aliphatic heterocycles. The largest absolute Gasteiger partial charge is 0.503 e. The molecule has 0 saturated carbocycles. The van der Waals surface area contributed by atoms with Gasteiger partial charge in [-0.3, -0.25) is 14.8 Å². The Labute approximate surface area is 103 Å². The number of hydrogen-bond acceptors (Lipinski definition) is 5. The fourth-order valence-electron chi connectivity index (χ4n) is 1.35. The molecule has 90 valence electrons. The number of carbonyl (C=O) groups is 1. The molecule has 0 atom stereocenters. The molecule has 5 heteroatoms. The Morgan fingerprint density at radius 3 is 1.94 bits per heavy atom. The summed E-state index contributed by atoms with van der Waals surface area (Å²) in [6.07, 6.45) is 2.88. The van der Waals surface area contributed by atoms with Gasteiger partial charge in [-0.25, -0.2) is 0 Å². The van der Waals surface area contributed by atoms with Gasteiger partial charge < -0.3 is 10.2 Å². The summed E-state index contributed by atoms with van der Waals surface area (Å²) >= 11 is 0. The molecular formula is C13H10N2O3. The predicted octanol–water partition coefficient (Wildman–Crippen LogP) is 2.14. The lowest BCUT2D eigenvalue weighted by Gasteiger charge is -2.03. The maximum Gasteiger partial charge on any atom is 0.249 e. The lowest BCUT2D eigenvalue weighted by molar-refractivity contribution is 0.0970. The number of pyridine rings is 2. The van der Waals surface area contributed by atoms with Crippen LogP contribution in [0.4, 0.5) is 0 Å². The van der Waals surface area contributed by atoms with Crippen LogP contribution in [0.15, 0.2) is 54.6 Å². The minimum Gasteiger partial charge on any atom is -0.503 e. The number of aliphatic hydroxyl groups is 2. The summed E-state index contributed by atoms with van der Waals surface area (Å²) in [6, 6.07) is 9.49. The smallest absolute Gasteiger partial charge is 0.249 e. The maximum atomic E-state index is 11.8. The van der Waals surface area contributed by atoms with Gasteiger partial charge in [0.05, 0.1) is 0 Å². The minimum absolute atomic E-state index is 0.0532. The van der Waals surface area contributed by atoms with E-state index in [1.54, 1.807) is 24.3 Å². The Kier molecular flexibility index (Phi) is 3.33. The first-order valence-corrected chi connectivity index (χ1v) is 5.19. The van der Waals surface area contributed by atoms with Gasteiger partial charge in [0.25, 0.3) is 0 Å². The van der Waals surface area contributed by atoms with Crippen molar-refractivity contribution in [2.24, 2.45) is 0 Å². The van der Waals surface area contributed by atoms with Crippen LogP contribution < -0.4 is 0 Å². The van der Waals surface area contributed by atoms with Crippen LogP contribution in [-0.4, -0.2) is 26.0 Å². The van der Waals surface area contributed by atoms with Gasteiger partial charge in [0, 0.05) is 12.4 Å². The molecule has 0 aliphatic carbocycles. The van der Waals surface area contributed by atoms with Crippen molar-refractivity contribution in [2.75, 3.05) is 0 Å². The summed E-state index contributed by atoms with van der Waals surface area (Å²) in [4.78, 5) is 19.4. The zero-order valence-corrected chi connectivity index (χ0v) is 9.32. The molecule has 0 fully saturated rings. The van der Waals surface area contributed by atoms with E-state index in [0.29, 0.717) is 0 Å². The standard InChI is InChI=1S/C13H10N2O3/c16-11(9-5-1-3-7-14-9)13(18)12(17)10-6-2-4-8-15-10/h1-8,16,18H/b13-11+. The normalized spacial score (nSPS) is 11.8. The van der Waals surface area contributed by atoms with Crippen molar-refractivity contribution in [1.82, 2.24) is 9.97 Å². The third-order valence-corrected chi connectivity index (χ3v) is 2.24. The van der Waals surface area contributed by atoms with Crippen molar-refractivity contribution >= 4 is 11.5 Å². The number of rotatable bonds is 3. The maximum absolute atomic E-state index is 11.8. The molecule has 2 heterocycles. The van der Waals surface area contributed by atoms with Gasteiger partial charge in [-0.2, -0.15) is 0 Å². The van der Waals surface area contributed by atoms with Crippen molar-refractivity contribution in [3.05, 3.63) is 65.9 Å². The third kappa shape index (κ3) is 2.35. The van der Waals surface area contributed by atoms with Crippen LogP contribution in [-0.2, 0) is 0 Å². The van der Waals surface area contributed by atoms with Crippen molar-refractivity contribution < 1.29 is 15.0 Å². The molecule has 2 aromatic rings. The Balaban J connectivity index is 2.37. The van der Waals surface area contributed by atoms with Crippen LogP contribution in [0.1, 0.15) is 16.2 Å². The lowest BCUT2D eigenvalue weighted by Crippen LogP contribution is -2.08. The topological polar surface area (TPSA) is 83.3 Å². The van der Waals surface area contributed by atoms with E-state index < -0.39 is 17.3 Å². The summed E-state index contributed by atoms with van der Waals surface area (Å²) in [5.41, 5.74) is 0.178. The molecule has 0 aliphatic rings. The highest BCUT2D eigenvalue weighted by molar-refractivity contribution is 6.09. The minimum atomic E-state index is -0.771. The average Bonchev–Trinajstić information content (AvgIpc) is 2.47. The van der Waals surface area contributed by atoms with Gasteiger partial charge in [-0.15, -0.1) is 0 Å². The van der Waals surface area contributed by atoms with E-state index in [9.17, 15) is 15.0 Å². The number of carbonyl (C=O) groups excluding carboxylic acids is 1. The average molecular weight is 242 g/mol. The molecule has 2 rings (SSSR count). The Hall–Kier alpha value is -2.69. The fraction of sp³-hybridized carbons (Fsp3) is 0. The van der Waals surface area contributed by atoms with Crippen LogP contribution in [0.3, 0.4) is 0 Å². The van der Waals surface area contributed by atoms with Gasteiger partial charge in [0.2, 0.25) is 11.5 Å². The van der Waals surface area contributed by atoms with E-state index in [1.807, 2.05) is 0 Å². The van der Waals surface area contributed by atoms with E-state index in [1.165, 1.54) is 24.5 Å². The predicted molar refractivity (Wildman–Crippen MR) is 65.0 cm³/mol. The molecule has 0 amide bonds. The van der Waals surface area contributed by atoms with Crippen molar-refractivity contribution in [3.8, 4) is 0 Å². The first-order valence-electron chi connectivity index (χ1n) is 5.19. The van der Waals surface area contributed by atoms with E-state index in [0.717, 1.165) is 0 Å². The van der Waals surface area contributed by atoms with E-state index in [2.05, 4.69) is 9.97 Å². The second-order valence-electron chi connectivity index (χ2n) is 3.46. The quantitative estimate of drug-likeness (QED) is 0.489. The Morgan fingerprint density at radius 2 is 1.44 bits per heavy atom. The van der Waals surface area contributed by atoms with Gasteiger partial charge in [-0.05, 0) is 24.3 Å². The molecule has 0 unspecified atom stereocenters. The van der Waals surface area contributed by atoms with Gasteiger partial charge in [0.15, 0.2) is 5.76 Å². The Bertz CT molecular complexity index is 580. The van der Waals surface area contributed by atoms with Crippen LogP contribution in [0.25, 0.3) is 5.76 Å². The van der Waals surface area contributed by atoms with Gasteiger partial charge >= 0.3 is 0 Å². The zero-order valence-electron chi connectivity index (χ0n) is 9.32. The monoisotopic (exact) mass is 242 g/mol. The molecular weight excluding hydrogens is 232 g/mol. The number of ketones is 1. The number of hydrogen-bond donors (Lipinski definition) is 2. The van der Waals surface area contributed by atoms with Crippen molar-refractivity contribution in [3.63, 3.8) is 0 Å². The summed E-state index contributed by atoms with van der Waals surface area (Å²) in [7, 11) is 0. The Morgan fingerprint density at radius 1 is 0.889 bits per heavy atom. The number of aromatic nitrogens is 2.